The molecule has 1 aliphatic heterocycles. The quantitative estimate of drug-likeness (QED) is 0.157. The molecule has 0 bridgehead atoms. The van der Waals surface area contributed by atoms with Gasteiger partial charge in [0, 0.05) is 56.5 Å². The smallest absolute Gasteiger partial charge is 0.423 e. The van der Waals surface area contributed by atoms with E-state index in [2.05, 4.69) is 75.6 Å². The SMILES string of the molecule is C.C1CCOC1.Clc1ccc(-c2nc(-c3ccccc3)nc(-c3ccc4ccccc4c3)n2)c2ccccc12.Clc1nc(-c2ccccc2)nc(-c2ccc3ccccc3c2)n1.OB(O)c1ccc(Cl)c2ccccc12. The van der Waals surface area contributed by atoms with Gasteiger partial charge in [0.15, 0.2) is 29.1 Å². The third-order valence-electron chi connectivity index (χ3n) is 12.4. The molecule has 0 spiro atoms. The predicted octanol–water partition coefficient (Wildman–Crippen LogP) is 15.5. The minimum absolute atomic E-state index is 0. The molecule has 10 aromatic carbocycles. The summed E-state index contributed by atoms with van der Waals surface area (Å²) in [5, 5.41) is 28.0. The molecule has 0 unspecified atom stereocenters. The lowest BCUT2D eigenvalue weighted by molar-refractivity contribution is 0.198. The van der Waals surface area contributed by atoms with E-state index in [1.807, 2.05) is 146 Å². The van der Waals surface area contributed by atoms with E-state index in [1.54, 1.807) is 12.1 Å². The first-order valence-electron chi connectivity index (χ1n) is 24.3. The van der Waals surface area contributed by atoms with E-state index in [0.717, 1.165) is 73.3 Å². The van der Waals surface area contributed by atoms with E-state index in [4.69, 9.17) is 64.5 Å². The second kappa shape index (κ2) is 25.1. The lowest BCUT2D eigenvalue weighted by atomic mass is 9.77. The third kappa shape index (κ3) is 12.6. The zero-order valence-electron chi connectivity index (χ0n) is 40.3. The molecule has 0 aliphatic carbocycles. The molecule has 3 heterocycles. The van der Waals surface area contributed by atoms with E-state index in [9.17, 15) is 0 Å². The highest BCUT2D eigenvalue weighted by atomic mass is 35.5. The maximum atomic E-state index is 9.13. The van der Waals surface area contributed by atoms with Gasteiger partial charge in [0.2, 0.25) is 5.28 Å². The molecule has 1 fully saturated rings. The molecule has 374 valence electrons. The monoisotopic (exact) mass is 1050 g/mol. The average molecular weight is 1060 g/mol. The lowest BCUT2D eigenvalue weighted by Gasteiger charge is -2.11. The first-order valence-corrected chi connectivity index (χ1v) is 25.4. The number of ether oxygens (including phenoxy) is 1. The Kier molecular flexibility index (Phi) is 17.5. The van der Waals surface area contributed by atoms with Crippen LogP contribution in [0.5, 0.6) is 0 Å². The third-order valence-corrected chi connectivity index (χ3v) is 13.3. The van der Waals surface area contributed by atoms with E-state index < -0.39 is 7.12 Å². The van der Waals surface area contributed by atoms with Crippen LogP contribution in [0.15, 0.2) is 218 Å². The van der Waals surface area contributed by atoms with Gasteiger partial charge in [0.05, 0.1) is 0 Å². The number of rotatable bonds is 6. The summed E-state index contributed by atoms with van der Waals surface area (Å²) in [6, 6.07) is 71.3. The summed E-state index contributed by atoms with van der Waals surface area (Å²) in [4.78, 5) is 27.7. The highest BCUT2D eigenvalue weighted by Crippen LogP contribution is 2.34. The Bertz CT molecular complexity index is 3920. The molecule has 1 aliphatic rings. The van der Waals surface area contributed by atoms with Crippen LogP contribution < -0.4 is 5.46 Å². The van der Waals surface area contributed by atoms with Crippen molar-refractivity contribution in [3.05, 3.63) is 234 Å². The van der Waals surface area contributed by atoms with Crippen molar-refractivity contribution in [2.75, 3.05) is 13.2 Å². The van der Waals surface area contributed by atoms with Crippen LogP contribution in [0.2, 0.25) is 15.3 Å². The molecular weight excluding hydrogens is 1010 g/mol. The van der Waals surface area contributed by atoms with Gasteiger partial charge in [0.1, 0.15) is 0 Å². The summed E-state index contributed by atoms with van der Waals surface area (Å²) in [7, 11) is -1.46. The topological polar surface area (TPSA) is 127 Å². The van der Waals surface area contributed by atoms with Crippen LogP contribution >= 0.6 is 34.8 Å². The summed E-state index contributed by atoms with van der Waals surface area (Å²) in [5.41, 5.74) is 5.14. The molecule has 0 atom stereocenters. The highest BCUT2D eigenvalue weighted by molar-refractivity contribution is 6.62. The first kappa shape index (κ1) is 52.9. The van der Waals surface area contributed by atoms with Crippen molar-refractivity contribution in [1.29, 1.82) is 0 Å². The van der Waals surface area contributed by atoms with Gasteiger partial charge in [-0.1, -0.05) is 219 Å². The molecule has 0 saturated carbocycles. The molecule has 2 N–H and O–H groups in total. The van der Waals surface area contributed by atoms with Crippen LogP contribution in [0.1, 0.15) is 20.3 Å². The van der Waals surface area contributed by atoms with Crippen molar-refractivity contribution in [3.8, 4) is 56.9 Å². The number of halogens is 3. The molecule has 1 saturated heterocycles. The number of hydrogen-bond acceptors (Lipinski definition) is 9. The molecule has 0 radical (unpaired) electrons. The van der Waals surface area contributed by atoms with Crippen LogP contribution in [-0.4, -0.2) is 60.3 Å². The van der Waals surface area contributed by atoms with Crippen molar-refractivity contribution < 1.29 is 14.8 Å². The lowest BCUT2D eigenvalue weighted by Crippen LogP contribution is -2.30. The van der Waals surface area contributed by atoms with Crippen LogP contribution in [0.3, 0.4) is 0 Å². The molecule has 2 aromatic heterocycles. The van der Waals surface area contributed by atoms with Crippen molar-refractivity contribution in [3.63, 3.8) is 0 Å². The van der Waals surface area contributed by atoms with E-state index in [-0.39, 0.29) is 12.7 Å². The van der Waals surface area contributed by atoms with Crippen LogP contribution in [0.4, 0.5) is 0 Å². The zero-order valence-corrected chi connectivity index (χ0v) is 42.6. The zero-order chi connectivity index (χ0) is 51.5. The Hall–Kier alpha value is -7.93. The number of fused-ring (bicyclic) bond motifs is 4. The number of nitrogens with zero attached hydrogens (tertiary/aromatic N) is 6. The van der Waals surface area contributed by atoms with Gasteiger partial charge in [-0.15, -0.1) is 0 Å². The van der Waals surface area contributed by atoms with Gasteiger partial charge in [-0.25, -0.2) is 19.9 Å². The summed E-state index contributed by atoms with van der Waals surface area (Å²) in [6.45, 7) is 2.00. The fraction of sp³-hybridized carbons (Fsp3) is 0.0794. The minimum atomic E-state index is -1.46. The molecular formula is C63H50BCl3N6O3. The molecule has 13 rings (SSSR count). The Morgan fingerprint density at radius 3 is 1.25 bits per heavy atom. The normalized spacial score (nSPS) is 11.6. The first-order chi connectivity index (χ1) is 36.8. The predicted molar refractivity (Wildman–Crippen MR) is 315 cm³/mol. The molecule has 12 aromatic rings. The molecule has 13 heteroatoms. The van der Waals surface area contributed by atoms with Crippen molar-refractivity contribution >= 4 is 90.5 Å². The summed E-state index contributed by atoms with van der Waals surface area (Å²) < 4.78 is 4.94. The van der Waals surface area contributed by atoms with Crippen molar-refractivity contribution in [2.45, 2.75) is 20.3 Å². The Balaban J connectivity index is 0.000000142. The molecule has 9 nitrogen and oxygen atoms in total. The Labute approximate surface area is 456 Å². The molecule has 76 heavy (non-hydrogen) atoms. The Morgan fingerprint density at radius 2 is 0.750 bits per heavy atom. The van der Waals surface area contributed by atoms with Crippen LogP contribution in [0.25, 0.3) is 100 Å². The summed E-state index contributed by atoms with van der Waals surface area (Å²) in [5.74, 6) is 3.06. The maximum absolute atomic E-state index is 9.13. The second-order valence-corrected chi connectivity index (χ2v) is 18.6. The highest BCUT2D eigenvalue weighted by Gasteiger charge is 2.17. The Morgan fingerprint density at radius 1 is 0.355 bits per heavy atom. The fourth-order valence-electron chi connectivity index (χ4n) is 8.67. The summed E-state index contributed by atoms with van der Waals surface area (Å²) in [6.07, 6.45) is 2.56. The van der Waals surface area contributed by atoms with E-state index in [1.165, 1.54) is 23.6 Å². The standard InChI is InChI=1S/C29H18ClN3.C19H12ClN3.C10H8BClO2.C4H8O.CH4/c30-26-17-16-25(23-12-6-7-13-24(23)26)29-32-27(20-9-2-1-3-10-20)31-28(33-29)22-15-14-19-8-4-5-11-21(19)18-22;20-19-22-17(14-7-2-1-3-8-14)21-18(23-19)16-11-10-13-6-4-5-9-15(13)12-16;12-10-6-5-9(11(13)14)7-3-1-2-4-8(7)10;1-2-4-5-3-1;/h1-18H;1-12H;1-6,13-14H;1-4H2;1H4. The van der Waals surface area contributed by atoms with Gasteiger partial charge in [-0.05, 0) is 97.9 Å². The van der Waals surface area contributed by atoms with Crippen LogP contribution in [-0.2, 0) is 4.74 Å². The average Bonchev–Trinajstić information content (AvgIpc) is 4.07. The number of benzene rings is 10. The van der Waals surface area contributed by atoms with Gasteiger partial charge >= 0.3 is 7.12 Å². The largest absolute Gasteiger partial charge is 0.489 e. The maximum Gasteiger partial charge on any atom is 0.489 e. The second-order valence-electron chi connectivity index (χ2n) is 17.4. The van der Waals surface area contributed by atoms with Crippen molar-refractivity contribution in [2.24, 2.45) is 0 Å². The number of hydrogen-bond donors (Lipinski definition) is 2. The van der Waals surface area contributed by atoms with Gasteiger partial charge in [-0.2, -0.15) is 9.97 Å². The fourth-order valence-corrected chi connectivity index (χ4v) is 9.29. The number of aromatic nitrogens is 6. The minimum Gasteiger partial charge on any atom is -0.423 e. The molecule has 0 amide bonds. The van der Waals surface area contributed by atoms with E-state index in [0.29, 0.717) is 44.6 Å². The van der Waals surface area contributed by atoms with Gasteiger partial charge in [0.25, 0.3) is 0 Å². The van der Waals surface area contributed by atoms with Crippen molar-refractivity contribution in [1.82, 2.24) is 29.9 Å². The summed E-state index contributed by atoms with van der Waals surface area (Å²) >= 11 is 18.5. The van der Waals surface area contributed by atoms with Gasteiger partial charge < -0.3 is 14.8 Å². The van der Waals surface area contributed by atoms with Crippen LogP contribution in [0, 0.1) is 0 Å². The van der Waals surface area contributed by atoms with E-state index >= 15 is 0 Å². The van der Waals surface area contributed by atoms with Gasteiger partial charge in [-0.3, -0.25) is 0 Å².